The molecule has 0 aromatic heterocycles. The summed E-state index contributed by atoms with van der Waals surface area (Å²) in [4.78, 5) is 27.5. The molecule has 1 aliphatic heterocycles. The van der Waals surface area contributed by atoms with E-state index in [4.69, 9.17) is 5.26 Å². The second kappa shape index (κ2) is 8.78. The zero-order valence-electron chi connectivity index (χ0n) is 17.4. The van der Waals surface area contributed by atoms with Crippen LogP contribution < -0.4 is 10.2 Å². The Labute approximate surface area is 176 Å². The maximum absolute atomic E-state index is 12.9. The monoisotopic (exact) mass is 403 g/mol. The molecule has 7 heteroatoms. The summed E-state index contributed by atoms with van der Waals surface area (Å²) < 4.78 is 0. The van der Waals surface area contributed by atoms with E-state index in [-0.39, 0.29) is 0 Å². The van der Waals surface area contributed by atoms with Crippen LogP contribution in [0.3, 0.4) is 0 Å². The first-order valence-electron chi connectivity index (χ1n) is 9.89. The molecule has 1 atom stereocenters. The molecule has 0 spiro atoms. The molecule has 154 valence electrons. The van der Waals surface area contributed by atoms with Crippen molar-refractivity contribution in [2.75, 3.05) is 18.0 Å². The van der Waals surface area contributed by atoms with Crippen molar-refractivity contribution < 1.29 is 9.59 Å². The normalized spacial score (nSPS) is 18.5. The minimum Gasteiger partial charge on any atom is -0.371 e. The molecule has 0 aliphatic carbocycles. The molecule has 1 N–H and O–H groups in total. The van der Waals surface area contributed by atoms with Crippen LogP contribution in [0.25, 0.3) is 0 Å². The first kappa shape index (κ1) is 21.1. The molecule has 1 saturated heterocycles. The number of nitriles is 1. The Balaban J connectivity index is 1.80. The van der Waals surface area contributed by atoms with Gasteiger partial charge in [0.05, 0.1) is 18.7 Å². The van der Waals surface area contributed by atoms with Gasteiger partial charge in [-0.3, -0.25) is 4.79 Å². The fourth-order valence-corrected chi connectivity index (χ4v) is 3.47. The summed E-state index contributed by atoms with van der Waals surface area (Å²) in [5.41, 5.74) is 2.36. The highest BCUT2D eigenvalue weighted by Gasteiger charge is 2.49. The van der Waals surface area contributed by atoms with Crippen LogP contribution in [0.15, 0.2) is 53.6 Å². The van der Waals surface area contributed by atoms with Gasteiger partial charge >= 0.3 is 6.03 Å². The SMILES string of the molecule is CCN(CCC#N)c1ccc(/C=N\N2C(=O)N[C@](C)(c3ccccc3)C2=O)c(C)c1. The topological polar surface area (TPSA) is 88.8 Å². The molecule has 1 fully saturated rings. The predicted molar refractivity (Wildman–Crippen MR) is 116 cm³/mol. The molecule has 7 nitrogen and oxygen atoms in total. The Morgan fingerprint density at radius 2 is 1.97 bits per heavy atom. The third-order valence-corrected chi connectivity index (χ3v) is 5.33. The molecular weight excluding hydrogens is 378 g/mol. The van der Waals surface area contributed by atoms with E-state index in [0.717, 1.165) is 28.4 Å². The van der Waals surface area contributed by atoms with Crippen LogP contribution in [-0.2, 0) is 10.3 Å². The van der Waals surface area contributed by atoms with Crippen LogP contribution in [-0.4, -0.2) is 36.3 Å². The summed E-state index contributed by atoms with van der Waals surface area (Å²) in [5, 5.41) is 16.6. The molecule has 0 unspecified atom stereocenters. The van der Waals surface area contributed by atoms with Gasteiger partial charge in [-0.2, -0.15) is 10.4 Å². The second-order valence-electron chi connectivity index (χ2n) is 7.31. The predicted octanol–water partition coefficient (Wildman–Crippen LogP) is 3.54. The first-order valence-corrected chi connectivity index (χ1v) is 9.89. The lowest BCUT2D eigenvalue weighted by molar-refractivity contribution is -0.131. The van der Waals surface area contributed by atoms with Gasteiger partial charge in [-0.25, -0.2) is 4.79 Å². The number of hydrazone groups is 1. The third-order valence-electron chi connectivity index (χ3n) is 5.33. The molecule has 1 heterocycles. The fraction of sp³-hybridized carbons (Fsp3) is 0.304. The van der Waals surface area contributed by atoms with Gasteiger partial charge in [0, 0.05) is 18.8 Å². The molecule has 3 amide bonds. The quantitative estimate of drug-likeness (QED) is 0.566. The number of hydrogen-bond acceptors (Lipinski definition) is 5. The number of nitrogens with one attached hydrogen (secondary N) is 1. The number of nitrogens with zero attached hydrogens (tertiary/aromatic N) is 4. The van der Waals surface area contributed by atoms with E-state index in [1.165, 1.54) is 6.21 Å². The van der Waals surface area contributed by atoms with E-state index in [2.05, 4.69) is 21.4 Å². The highest BCUT2D eigenvalue weighted by molar-refractivity contribution is 6.07. The van der Waals surface area contributed by atoms with Crippen LogP contribution in [0.2, 0.25) is 0 Å². The summed E-state index contributed by atoms with van der Waals surface area (Å²) in [6.07, 6.45) is 1.99. The zero-order valence-corrected chi connectivity index (χ0v) is 17.4. The number of rotatable bonds is 7. The lowest BCUT2D eigenvalue weighted by Gasteiger charge is -2.22. The van der Waals surface area contributed by atoms with Gasteiger partial charge in [-0.15, -0.1) is 5.01 Å². The molecule has 1 aliphatic rings. The summed E-state index contributed by atoms with van der Waals surface area (Å²) in [6, 6.07) is 16.6. The molecule has 0 bridgehead atoms. The van der Waals surface area contributed by atoms with Crippen LogP contribution in [0.5, 0.6) is 0 Å². The van der Waals surface area contributed by atoms with Gasteiger partial charge in [-0.05, 0) is 49.6 Å². The Bertz CT molecular complexity index is 1010. The number of imide groups is 1. The average Bonchev–Trinajstić information content (AvgIpc) is 2.97. The maximum Gasteiger partial charge on any atom is 0.346 e. The highest BCUT2D eigenvalue weighted by Crippen LogP contribution is 2.29. The first-order chi connectivity index (χ1) is 14.4. The summed E-state index contributed by atoms with van der Waals surface area (Å²) in [7, 11) is 0. The van der Waals surface area contributed by atoms with E-state index >= 15 is 0 Å². The average molecular weight is 403 g/mol. The standard InChI is InChI=1S/C23H25N5O2/c1-4-27(14-8-13-24)20-12-11-18(17(2)15-20)16-25-28-21(29)23(3,26-22(28)30)19-9-6-5-7-10-19/h5-7,9-12,15-16H,4,8,14H2,1-3H3,(H,26,30)/b25-16-/t23-/m1/s1. The van der Waals surface area contributed by atoms with Crippen molar-refractivity contribution >= 4 is 23.8 Å². The van der Waals surface area contributed by atoms with Crippen molar-refractivity contribution in [2.45, 2.75) is 32.7 Å². The van der Waals surface area contributed by atoms with Gasteiger partial charge < -0.3 is 10.2 Å². The molecule has 2 aromatic carbocycles. The van der Waals surface area contributed by atoms with Gasteiger partial charge in [0.1, 0.15) is 5.54 Å². The van der Waals surface area contributed by atoms with Gasteiger partial charge in [0.15, 0.2) is 0 Å². The molecule has 3 rings (SSSR count). The Morgan fingerprint density at radius 3 is 2.60 bits per heavy atom. The number of carbonyl (C=O) groups excluding carboxylic acids is 2. The lowest BCUT2D eigenvalue weighted by atomic mass is 9.92. The van der Waals surface area contributed by atoms with Gasteiger partial charge in [-0.1, -0.05) is 36.4 Å². The number of aryl methyl sites for hydroxylation is 1. The summed E-state index contributed by atoms with van der Waals surface area (Å²) in [6.45, 7) is 7.14. The van der Waals surface area contributed by atoms with Crippen LogP contribution in [0.4, 0.5) is 10.5 Å². The Kier molecular flexibility index (Phi) is 6.17. The molecule has 30 heavy (non-hydrogen) atoms. The number of benzene rings is 2. The molecular formula is C23H25N5O2. The van der Waals surface area contributed by atoms with E-state index in [1.54, 1.807) is 19.1 Å². The van der Waals surface area contributed by atoms with Crippen LogP contribution in [0.1, 0.15) is 37.0 Å². The van der Waals surface area contributed by atoms with Crippen molar-refractivity contribution in [3.8, 4) is 6.07 Å². The molecule has 2 aromatic rings. The minimum absolute atomic E-state index is 0.419. The van der Waals surface area contributed by atoms with Crippen LogP contribution >= 0.6 is 0 Å². The van der Waals surface area contributed by atoms with Crippen LogP contribution in [0, 0.1) is 18.3 Å². The summed E-state index contributed by atoms with van der Waals surface area (Å²) in [5.74, 6) is -0.419. The maximum atomic E-state index is 12.9. The zero-order chi connectivity index (χ0) is 21.7. The van der Waals surface area contributed by atoms with Crippen molar-refractivity contribution in [1.82, 2.24) is 10.3 Å². The van der Waals surface area contributed by atoms with E-state index in [0.29, 0.717) is 18.5 Å². The van der Waals surface area contributed by atoms with Crippen molar-refractivity contribution in [3.05, 3.63) is 65.2 Å². The van der Waals surface area contributed by atoms with Crippen molar-refractivity contribution in [1.29, 1.82) is 5.26 Å². The number of hydrogen-bond donors (Lipinski definition) is 1. The van der Waals surface area contributed by atoms with Gasteiger partial charge in [0.2, 0.25) is 0 Å². The Morgan fingerprint density at radius 1 is 1.23 bits per heavy atom. The molecule has 0 saturated carbocycles. The van der Waals surface area contributed by atoms with E-state index < -0.39 is 17.5 Å². The van der Waals surface area contributed by atoms with E-state index in [1.807, 2.05) is 50.2 Å². The number of amides is 3. The van der Waals surface area contributed by atoms with Crippen molar-refractivity contribution in [2.24, 2.45) is 5.10 Å². The summed E-state index contributed by atoms with van der Waals surface area (Å²) >= 11 is 0. The number of urea groups is 1. The third kappa shape index (κ3) is 4.03. The smallest absolute Gasteiger partial charge is 0.346 e. The Hall–Kier alpha value is -3.66. The van der Waals surface area contributed by atoms with E-state index in [9.17, 15) is 9.59 Å². The number of anilines is 1. The van der Waals surface area contributed by atoms with Gasteiger partial charge in [0.25, 0.3) is 5.91 Å². The highest BCUT2D eigenvalue weighted by atomic mass is 16.2. The molecule has 0 radical (unpaired) electrons. The second-order valence-corrected chi connectivity index (χ2v) is 7.31. The minimum atomic E-state index is -1.14. The van der Waals surface area contributed by atoms with Crippen molar-refractivity contribution in [3.63, 3.8) is 0 Å². The lowest BCUT2D eigenvalue weighted by Crippen LogP contribution is -2.40. The fourth-order valence-electron chi connectivity index (χ4n) is 3.47. The number of carbonyl (C=O) groups is 2. The largest absolute Gasteiger partial charge is 0.371 e.